The van der Waals surface area contributed by atoms with Crippen LogP contribution in [0.4, 0.5) is 0 Å². The summed E-state index contributed by atoms with van der Waals surface area (Å²) in [6.45, 7) is 5.26. The molecular formula is C20H24O5. The van der Waals surface area contributed by atoms with Crippen LogP contribution in [0.25, 0.3) is 0 Å². The monoisotopic (exact) mass is 344 g/mol. The summed E-state index contributed by atoms with van der Waals surface area (Å²) in [5.74, 6) is -0.399. The number of Topliss-reactive ketones (excluding diaryl/α,β-unsaturated/α-hetero) is 1. The van der Waals surface area contributed by atoms with E-state index in [9.17, 15) is 14.4 Å². The quantitative estimate of drug-likeness (QED) is 0.354. The van der Waals surface area contributed by atoms with E-state index < -0.39 is 17.0 Å². The van der Waals surface area contributed by atoms with Crippen molar-refractivity contribution in [2.75, 3.05) is 7.11 Å². The van der Waals surface area contributed by atoms with E-state index in [2.05, 4.69) is 0 Å². The molecule has 1 atom stereocenters. The molecule has 0 bridgehead atoms. The maximum absolute atomic E-state index is 12.6. The summed E-state index contributed by atoms with van der Waals surface area (Å²) in [5.41, 5.74) is -1.59. The van der Waals surface area contributed by atoms with Crippen LogP contribution >= 0.6 is 0 Å². The fourth-order valence-electron chi connectivity index (χ4n) is 2.79. The van der Waals surface area contributed by atoms with Gasteiger partial charge in [-0.15, -0.1) is 0 Å². The van der Waals surface area contributed by atoms with E-state index in [-0.39, 0.29) is 11.6 Å². The van der Waals surface area contributed by atoms with Crippen LogP contribution in [-0.4, -0.2) is 30.2 Å². The number of carbonyl (C=O) groups excluding carboxylic acids is 3. The summed E-state index contributed by atoms with van der Waals surface area (Å²) in [4.78, 5) is 37.3. The van der Waals surface area contributed by atoms with E-state index in [0.29, 0.717) is 30.6 Å². The largest absolute Gasteiger partial charge is 0.497 e. The number of methoxy groups -OCH3 is 1. The molecule has 0 amide bonds. The Bertz CT molecular complexity index is 694. The van der Waals surface area contributed by atoms with E-state index in [1.54, 1.807) is 52.1 Å². The molecule has 1 fully saturated rings. The summed E-state index contributed by atoms with van der Waals surface area (Å²) in [6.07, 6.45) is 4.02. The minimum Gasteiger partial charge on any atom is -0.497 e. The molecule has 0 heterocycles. The van der Waals surface area contributed by atoms with Crippen molar-refractivity contribution in [3.05, 3.63) is 42.0 Å². The van der Waals surface area contributed by atoms with E-state index in [4.69, 9.17) is 9.47 Å². The number of allylic oxidation sites excluding steroid dienone is 1. The Morgan fingerprint density at radius 2 is 1.80 bits per heavy atom. The highest BCUT2D eigenvalue weighted by Crippen LogP contribution is 2.38. The Kier molecular flexibility index (Phi) is 5.45. The van der Waals surface area contributed by atoms with Crippen molar-refractivity contribution in [3.8, 4) is 5.75 Å². The minimum atomic E-state index is -1.35. The molecule has 1 aromatic rings. The Morgan fingerprint density at radius 1 is 1.16 bits per heavy atom. The lowest BCUT2D eigenvalue weighted by molar-refractivity contribution is -0.166. The molecule has 25 heavy (non-hydrogen) atoms. The van der Waals surface area contributed by atoms with Crippen LogP contribution in [0.3, 0.4) is 0 Å². The number of carbonyl (C=O) groups is 3. The summed E-state index contributed by atoms with van der Waals surface area (Å²) >= 11 is 0. The molecule has 0 saturated heterocycles. The maximum Gasteiger partial charge on any atom is 0.324 e. The van der Waals surface area contributed by atoms with Crippen LogP contribution in [0.5, 0.6) is 5.75 Å². The highest BCUT2D eigenvalue weighted by atomic mass is 16.6. The van der Waals surface area contributed by atoms with Gasteiger partial charge < -0.3 is 9.47 Å². The summed E-state index contributed by atoms with van der Waals surface area (Å²) in [7, 11) is 1.55. The zero-order chi connectivity index (χ0) is 18.7. The van der Waals surface area contributed by atoms with Crippen LogP contribution < -0.4 is 4.74 Å². The zero-order valence-corrected chi connectivity index (χ0v) is 15.1. The molecule has 5 nitrogen and oxygen atoms in total. The average Bonchev–Trinajstić information content (AvgIpc) is 2.93. The highest BCUT2D eigenvalue weighted by molar-refractivity contribution is 6.10. The smallest absolute Gasteiger partial charge is 0.324 e. The molecule has 134 valence electrons. The van der Waals surface area contributed by atoms with E-state index in [1.807, 2.05) is 0 Å². The highest BCUT2D eigenvalue weighted by Gasteiger charge is 2.49. The molecule has 0 aromatic heterocycles. The first kappa shape index (κ1) is 18.9. The van der Waals surface area contributed by atoms with Crippen molar-refractivity contribution in [2.24, 2.45) is 5.41 Å². The lowest BCUT2D eigenvalue weighted by atomic mass is 9.84. The molecule has 1 aliphatic rings. The van der Waals surface area contributed by atoms with Gasteiger partial charge in [0.2, 0.25) is 0 Å². The van der Waals surface area contributed by atoms with Gasteiger partial charge >= 0.3 is 5.97 Å². The molecule has 1 aliphatic carbocycles. The molecule has 2 rings (SSSR count). The van der Waals surface area contributed by atoms with Crippen molar-refractivity contribution in [2.45, 2.75) is 45.6 Å². The Hall–Kier alpha value is -2.43. The van der Waals surface area contributed by atoms with Crippen molar-refractivity contribution >= 4 is 17.5 Å². The number of hydrogen-bond acceptors (Lipinski definition) is 5. The molecule has 0 unspecified atom stereocenters. The average molecular weight is 344 g/mol. The Balaban J connectivity index is 2.24. The molecular weight excluding hydrogens is 320 g/mol. The van der Waals surface area contributed by atoms with Gasteiger partial charge in [0.15, 0.2) is 11.6 Å². The maximum atomic E-state index is 12.6. The first-order chi connectivity index (χ1) is 11.7. The topological polar surface area (TPSA) is 69.7 Å². The second-order valence-corrected chi connectivity index (χ2v) is 7.18. The summed E-state index contributed by atoms with van der Waals surface area (Å²) < 4.78 is 10.5. The Labute approximate surface area is 148 Å². The van der Waals surface area contributed by atoms with Crippen molar-refractivity contribution < 1.29 is 23.9 Å². The third-order valence-electron chi connectivity index (χ3n) is 4.13. The van der Waals surface area contributed by atoms with Crippen molar-refractivity contribution in [1.29, 1.82) is 0 Å². The van der Waals surface area contributed by atoms with Crippen molar-refractivity contribution in [3.63, 3.8) is 0 Å². The van der Waals surface area contributed by atoms with Crippen LogP contribution in [0.2, 0.25) is 0 Å². The van der Waals surface area contributed by atoms with Gasteiger partial charge in [-0.05, 0) is 64.0 Å². The zero-order valence-electron chi connectivity index (χ0n) is 15.1. The van der Waals surface area contributed by atoms with Crippen LogP contribution in [0.15, 0.2) is 36.4 Å². The van der Waals surface area contributed by atoms with E-state index in [1.165, 1.54) is 12.2 Å². The van der Waals surface area contributed by atoms with Gasteiger partial charge in [-0.1, -0.05) is 6.08 Å². The minimum absolute atomic E-state index is 0.194. The van der Waals surface area contributed by atoms with Crippen LogP contribution in [-0.2, 0) is 14.3 Å². The lowest BCUT2D eigenvalue weighted by Gasteiger charge is -2.27. The molecule has 5 heteroatoms. The third kappa shape index (κ3) is 4.35. The SMILES string of the molecule is COc1ccc(C(=O)/C=C\[C@@]2(C(=O)OC(C)(C)C)CCCC2=O)cc1. The van der Waals surface area contributed by atoms with Gasteiger partial charge in [-0.3, -0.25) is 14.4 Å². The fraction of sp³-hybridized carbons (Fsp3) is 0.450. The predicted molar refractivity (Wildman–Crippen MR) is 93.6 cm³/mol. The van der Waals surface area contributed by atoms with E-state index >= 15 is 0 Å². The number of rotatable bonds is 5. The van der Waals surface area contributed by atoms with Gasteiger partial charge in [0.05, 0.1) is 7.11 Å². The standard InChI is InChI=1S/C20H24O5/c1-19(2,3)25-18(23)20(12-5-6-17(20)22)13-11-16(21)14-7-9-15(24-4)10-8-14/h7-11,13H,5-6,12H2,1-4H3/b13-11-/t20-/m0/s1. The van der Waals surface area contributed by atoms with E-state index in [0.717, 1.165) is 0 Å². The van der Waals surface area contributed by atoms with Gasteiger partial charge in [0.1, 0.15) is 16.8 Å². The van der Waals surface area contributed by atoms with Crippen LogP contribution in [0.1, 0.15) is 50.4 Å². The molecule has 0 radical (unpaired) electrons. The van der Waals surface area contributed by atoms with Gasteiger partial charge in [0.25, 0.3) is 0 Å². The second kappa shape index (κ2) is 7.21. The van der Waals surface area contributed by atoms with Gasteiger partial charge in [0, 0.05) is 12.0 Å². The fourth-order valence-corrected chi connectivity index (χ4v) is 2.79. The van der Waals surface area contributed by atoms with Gasteiger partial charge in [-0.25, -0.2) is 0 Å². The Morgan fingerprint density at radius 3 is 2.28 bits per heavy atom. The number of benzene rings is 1. The first-order valence-corrected chi connectivity index (χ1v) is 8.32. The summed E-state index contributed by atoms with van der Waals surface area (Å²) in [5, 5.41) is 0. The normalized spacial score (nSPS) is 20.7. The predicted octanol–water partition coefficient (Wildman–Crippen LogP) is 3.52. The summed E-state index contributed by atoms with van der Waals surface area (Å²) in [6, 6.07) is 6.65. The molecule has 0 spiro atoms. The van der Waals surface area contributed by atoms with Crippen molar-refractivity contribution in [1.82, 2.24) is 0 Å². The molecule has 0 aliphatic heterocycles. The number of hydrogen-bond donors (Lipinski definition) is 0. The molecule has 1 saturated carbocycles. The first-order valence-electron chi connectivity index (χ1n) is 8.32. The van der Waals surface area contributed by atoms with Gasteiger partial charge in [-0.2, -0.15) is 0 Å². The molecule has 0 N–H and O–H groups in total. The third-order valence-corrected chi connectivity index (χ3v) is 4.13. The number of ketones is 2. The van der Waals surface area contributed by atoms with Crippen LogP contribution in [0, 0.1) is 5.41 Å². The number of esters is 1. The molecule has 1 aromatic carbocycles. The second-order valence-electron chi connectivity index (χ2n) is 7.18. The lowest BCUT2D eigenvalue weighted by Crippen LogP contribution is -2.39. The number of ether oxygens (including phenoxy) is 2.